The van der Waals surface area contributed by atoms with Crippen LogP contribution in [-0.4, -0.2) is 17.6 Å². The van der Waals surface area contributed by atoms with Gasteiger partial charge in [0.25, 0.3) is 0 Å². The second-order valence-electron chi connectivity index (χ2n) is 3.78. The summed E-state index contributed by atoms with van der Waals surface area (Å²) in [7, 11) is 0. The van der Waals surface area contributed by atoms with Gasteiger partial charge in [-0.15, -0.1) is 11.3 Å². The smallest absolute Gasteiger partial charge is 0.358 e. The lowest BCUT2D eigenvalue weighted by Gasteiger charge is -2.01. The predicted molar refractivity (Wildman–Crippen MR) is 85.2 cm³/mol. The molecule has 1 heterocycles. The van der Waals surface area contributed by atoms with E-state index in [1.807, 2.05) is 31.2 Å². The number of aromatic nitrogens is 1. The van der Waals surface area contributed by atoms with E-state index in [1.165, 1.54) is 14.9 Å². The zero-order valence-corrected chi connectivity index (χ0v) is 13.5. The summed E-state index contributed by atoms with van der Waals surface area (Å²) in [5.74, 6) is -0.369. The molecule has 0 atom stereocenters. The van der Waals surface area contributed by atoms with E-state index in [-0.39, 0.29) is 5.97 Å². The molecule has 0 amide bonds. The molecule has 0 aliphatic carbocycles. The first-order valence-corrected chi connectivity index (χ1v) is 7.67. The van der Waals surface area contributed by atoms with Crippen molar-refractivity contribution in [2.75, 3.05) is 11.9 Å². The fourth-order valence-electron chi connectivity index (χ4n) is 1.50. The molecule has 0 unspecified atom stereocenters. The zero-order chi connectivity index (χ0) is 13.8. The topological polar surface area (TPSA) is 51.2 Å². The maximum atomic E-state index is 11.7. The van der Waals surface area contributed by atoms with Gasteiger partial charge in [-0.05, 0) is 60.7 Å². The summed E-state index contributed by atoms with van der Waals surface area (Å²) in [5, 5.41) is 3.88. The highest BCUT2D eigenvalue weighted by Crippen LogP contribution is 2.26. The minimum absolute atomic E-state index is 0.357. The summed E-state index contributed by atoms with van der Waals surface area (Å²) in [4.78, 5) is 16.8. The van der Waals surface area contributed by atoms with Crippen molar-refractivity contribution in [2.24, 2.45) is 0 Å². The van der Waals surface area contributed by atoms with Crippen LogP contribution in [0.4, 0.5) is 10.8 Å². The molecule has 1 aromatic heterocycles. The van der Waals surface area contributed by atoms with Gasteiger partial charge in [0.1, 0.15) is 0 Å². The molecule has 2 rings (SSSR count). The van der Waals surface area contributed by atoms with Gasteiger partial charge >= 0.3 is 5.97 Å². The Hall–Kier alpha value is -1.15. The molecule has 0 saturated heterocycles. The second kappa shape index (κ2) is 6.33. The number of hydrogen-bond donors (Lipinski definition) is 1. The normalized spacial score (nSPS) is 10.3. The van der Waals surface area contributed by atoms with E-state index >= 15 is 0 Å². The average molecular weight is 388 g/mol. The number of aryl methyl sites for hydroxylation is 1. The van der Waals surface area contributed by atoms with Crippen molar-refractivity contribution < 1.29 is 9.53 Å². The molecule has 19 heavy (non-hydrogen) atoms. The second-order valence-corrected chi connectivity index (χ2v) is 6.23. The Morgan fingerprint density at radius 2 is 2.11 bits per heavy atom. The number of nitrogens with zero attached hydrogens (tertiary/aromatic N) is 1. The number of ether oxygens (including phenoxy) is 1. The van der Waals surface area contributed by atoms with Crippen LogP contribution in [0.1, 0.15) is 22.3 Å². The van der Waals surface area contributed by atoms with Crippen LogP contribution in [0, 0.1) is 10.5 Å². The molecule has 0 aliphatic rings. The van der Waals surface area contributed by atoms with E-state index in [4.69, 9.17) is 4.74 Å². The molecule has 0 fully saturated rings. The average Bonchev–Trinajstić information content (AvgIpc) is 2.74. The number of hydrogen-bond acceptors (Lipinski definition) is 5. The van der Waals surface area contributed by atoms with Crippen LogP contribution < -0.4 is 5.32 Å². The SMILES string of the molecule is CCOC(=O)c1nc(Nc2ccc(I)cc2)sc1C. The van der Waals surface area contributed by atoms with Gasteiger partial charge in [0.2, 0.25) is 0 Å². The van der Waals surface area contributed by atoms with Crippen molar-refractivity contribution >= 4 is 50.7 Å². The Bertz CT molecular complexity index is 581. The lowest BCUT2D eigenvalue weighted by molar-refractivity contribution is 0.0519. The quantitative estimate of drug-likeness (QED) is 0.636. The Kier molecular flexibility index (Phi) is 4.76. The van der Waals surface area contributed by atoms with Gasteiger partial charge in [0.15, 0.2) is 10.8 Å². The third kappa shape index (κ3) is 3.66. The molecule has 0 radical (unpaired) electrons. The summed E-state index contributed by atoms with van der Waals surface area (Å²) in [6.07, 6.45) is 0. The minimum atomic E-state index is -0.369. The number of benzene rings is 1. The van der Waals surface area contributed by atoms with E-state index in [1.54, 1.807) is 6.92 Å². The molecule has 1 aromatic carbocycles. The number of rotatable bonds is 4. The highest BCUT2D eigenvalue weighted by Gasteiger charge is 2.16. The Labute approximate surface area is 129 Å². The maximum absolute atomic E-state index is 11.7. The van der Waals surface area contributed by atoms with Crippen molar-refractivity contribution in [1.82, 2.24) is 4.98 Å². The Morgan fingerprint density at radius 1 is 1.42 bits per heavy atom. The molecule has 0 bridgehead atoms. The lowest BCUT2D eigenvalue weighted by atomic mass is 10.3. The van der Waals surface area contributed by atoms with Crippen LogP contribution in [0.3, 0.4) is 0 Å². The number of carbonyl (C=O) groups excluding carboxylic acids is 1. The highest BCUT2D eigenvalue weighted by molar-refractivity contribution is 14.1. The van der Waals surface area contributed by atoms with Crippen LogP contribution in [-0.2, 0) is 4.74 Å². The molecule has 100 valence electrons. The van der Waals surface area contributed by atoms with E-state index in [0.29, 0.717) is 17.4 Å². The zero-order valence-electron chi connectivity index (χ0n) is 10.6. The maximum Gasteiger partial charge on any atom is 0.358 e. The summed E-state index contributed by atoms with van der Waals surface area (Å²) in [6, 6.07) is 7.97. The molecule has 6 heteroatoms. The Morgan fingerprint density at radius 3 is 2.74 bits per heavy atom. The lowest BCUT2D eigenvalue weighted by Crippen LogP contribution is -2.06. The number of thiazole rings is 1. The number of esters is 1. The Balaban J connectivity index is 2.16. The number of carbonyl (C=O) groups is 1. The number of nitrogens with one attached hydrogen (secondary N) is 1. The van der Waals surface area contributed by atoms with Gasteiger partial charge in [0, 0.05) is 14.1 Å². The molecule has 0 saturated carbocycles. The van der Waals surface area contributed by atoms with Crippen molar-refractivity contribution in [3.05, 3.63) is 38.4 Å². The molecule has 1 N–H and O–H groups in total. The van der Waals surface area contributed by atoms with E-state index in [2.05, 4.69) is 32.9 Å². The van der Waals surface area contributed by atoms with Gasteiger partial charge in [-0.25, -0.2) is 9.78 Å². The van der Waals surface area contributed by atoms with E-state index in [0.717, 1.165) is 10.6 Å². The van der Waals surface area contributed by atoms with Gasteiger partial charge in [0.05, 0.1) is 6.61 Å². The molecular weight excluding hydrogens is 375 g/mol. The minimum Gasteiger partial charge on any atom is -0.461 e. The van der Waals surface area contributed by atoms with Gasteiger partial charge in [-0.2, -0.15) is 0 Å². The molecule has 0 aliphatic heterocycles. The van der Waals surface area contributed by atoms with Crippen LogP contribution in [0.5, 0.6) is 0 Å². The first-order chi connectivity index (χ1) is 9.10. The summed E-state index contributed by atoms with van der Waals surface area (Å²) in [6.45, 7) is 4.00. The van der Waals surface area contributed by atoms with E-state index < -0.39 is 0 Å². The summed E-state index contributed by atoms with van der Waals surface area (Å²) >= 11 is 3.70. The number of halogens is 1. The van der Waals surface area contributed by atoms with Gasteiger partial charge < -0.3 is 10.1 Å². The van der Waals surface area contributed by atoms with Crippen LogP contribution in [0.2, 0.25) is 0 Å². The molecule has 2 aromatic rings. The predicted octanol–water partition coefficient (Wildman–Crippen LogP) is 3.98. The third-order valence-corrected chi connectivity index (χ3v) is 3.97. The molecular formula is C13H13IN2O2S. The van der Waals surface area contributed by atoms with Crippen molar-refractivity contribution in [3.63, 3.8) is 0 Å². The number of anilines is 2. The largest absolute Gasteiger partial charge is 0.461 e. The fraction of sp³-hybridized carbons (Fsp3) is 0.231. The highest BCUT2D eigenvalue weighted by atomic mass is 127. The monoisotopic (exact) mass is 388 g/mol. The fourth-order valence-corrected chi connectivity index (χ4v) is 2.68. The summed E-state index contributed by atoms with van der Waals surface area (Å²) in [5.41, 5.74) is 1.34. The first kappa shape index (κ1) is 14.3. The van der Waals surface area contributed by atoms with Gasteiger partial charge in [-0.1, -0.05) is 0 Å². The molecule has 0 spiro atoms. The first-order valence-electron chi connectivity index (χ1n) is 5.77. The van der Waals surface area contributed by atoms with Crippen molar-refractivity contribution in [3.8, 4) is 0 Å². The molecule has 4 nitrogen and oxygen atoms in total. The summed E-state index contributed by atoms with van der Waals surface area (Å²) < 4.78 is 6.14. The van der Waals surface area contributed by atoms with Crippen LogP contribution in [0.25, 0.3) is 0 Å². The van der Waals surface area contributed by atoms with Crippen LogP contribution in [0.15, 0.2) is 24.3 Å². The standard InChI is InChI=1S/C13H13IN2O2S/c1-3-18-12(17)11-8(2)19-13(16-11)15-10-6-4-9(14)5-7-10/h4-7H,3H2,1-2H3,(H,15,16). The van der Waals surface area contributed by atoms with Crippen LogP contribution >= 0.6 is 33.9 Å². The van der Waals surface area contributed by atoms with Crippen molar-refractivity contribution in [2.45, 2.75) is 13.8 Å². The van der Waals surface area contributed by atoms with E-state index in [9.17, 15) is 4.79 Å². The van der Waals surface area contributed by atoms with Gasteiger partial charge in [-0.3, -0.25) is 0 Å². The van der Waals surface area contributed by atoms with Crippen molar-refractivity contribution in [1.29, 1.82) is 0 Å². The third-order valence-electron chi connectivity index (χ3n) is 2.36.